The highest BCUT2D eigenvalue weighted by molar-refractivity contribution is 5.85. The molecule has 2 amide bonds. The van der Waals surface area contributed by atoms with E-state index in [1.807, 2.05) is 6.92 Å². The maximum Gasteiger partial charge on any atom is 0.306 e. The number of piperidine rings is 1. The monoisotopic (exact) mass is 300 g/mol. The van der Waals surface area contributed by atoms with Gasteiger partial charge in [-0.2, -0.15) is 0 Å². The molecule has 21 heavy (non-hydrogen) atoms. The van der Waals surface area contributed by atoms with Gasteiger partial charge in [0.25, 0.3) is 0 Å². The topological polar surface area (TPSA) is 87.2 Å². The quantitative estimate of drug-likeness (QED) is 0.678. The van der Waals surface area contributed by atoms with Crippen LogP contribution < -0.4 is 0 Å². The summed E-state index contributed by atoms with van der Waals surface area (Å²) in [5, 5.41) is 8.92. The molecule has 0 aromatic rings. The van der Waals surface area contributed by atoms with Crippen molar-refractivity contribution >= 4 is 17.8 Å². The van der Waals surface area contributed by atoms with Crippen LogP contribution >= 0.6 is 0 Å². The second-order valence-corrected chi connectivity index (χ2v) is 5.19. The Balaban J connectivity index is 2.33. The predicted octanol–water partition coefficient (Wildman–Crippen LogP) is 0.195. The average molecular weight is 300 g/mol. The van der Waals surface area contributed by atoms with E-state index < -0.39 is 5.97 Å². The number of amides is 2. The molecule has 7 nitrogen and oxygen atoms in total. The number of likely N-dealkylation sites (N-methyl/N-ethyl adjacent to an activating group) is 1. The molecular formula is C14H24N2O5. The van der Waals surface area contributed by atoms with E-state index in [0.29, 0.717) is 39.1 Å². The number of nitrogens with zero attached hydrogens (tertiary/aromatic N) is 2. The minimum absolute atomic E-state index is 0.0305. The summed E-state index contributed by atoms with van der Waals surface area (Å²) < 4.78 is 5.11. The zero-order chi connectivity index (χ0) is 15.8. The van der Waals surface area contributed by atoms with Gasteiger partial charge in [-0.15, -0.1) is 0 Å². The predicted molar refractivity (Wildman–Crippen MR) is 75.7 cm³/mol. The normalized spacial score (nSPS) is 15.8. The lowest BCUT2D eigenvalue weighted by molar-refractivity contribution is -0.146. The number of aliphatic carboxylic acids is 1. The van der Waals surface area contributed by atoms with Crippen molar-refractivity contribution in [3.63, 3.8) is 0 Å². The lowest BCUT2D eigenvalue weighted by Gasteiger charge is -2.31. The van der Waals surface area contributed by atoms with Gasteiger partial charge in [0.05, 0.1) is 25.5 Å². The molecule has 7 heteroatoms. The highest BCUT2D eigenvalue weighted by atomic mass is 16.5. The first-order chi connectivity index (χ1) is 9.95. The Hall–Kier alpha value is -1.63. The van der Waals surface area contributed by atoms with E-state index in [1.165, 1.54) is 4.90 Å². The Morgan fingerprint density at radius 1 is 1.29 bits per heavy atom. The van der Waals surface area contributed by atoms with Gasteiger partial charge in [-0.1, -0.05) is 0 Å². The van der Waals surface area contributed by atoms with Crippen molar-refractivity contribution in [3.8, 4) is 0 Å². The van der Waals surface area contributed by atoms with Gasteiger partial charge in [-0.25, -0.2) is 0 Å². The highest BCUT2D eigenvalue weighted by Gasteiger charge is 2.27. The van der Waals surface area contributed by atoms with Crippen LogP contribution in [0.5, 0.6) is 0 Å². The van der Waals surface area contributed by atoms with Crippen molar-refractivity contribution in [2.75, 3.05) is 39.9 Å². The van der Waals surface area contributed by atoms with E-state index in [9.17, 15) is 14.4 Å². The van der Waals surface area contributed by atoms with Crippen molar-refractivity contribution in [2.45, 2.75) is 26.2 Å². The molecule has 0 radical (unpaired) electrons. The summed E-state index contributed by atoms with van der Waals surface area (Å²) >= 11 is 0. The minimum atomic E-state index is -0.801. The van der Waals surface area contributed by atoms with Crippen LogP contribution in [0, 0.1) is 5.92 Å². The van der Waals surface area contributed by atoms with Gasteiger partial charge in [-0.3, -0.25) is 14.4 Å². The zero-order valence-electron chi connectivity index (χ0n) is 12.7. The number of hydrogen-bond acceptors (Lipinski definition) is 4. The van der Waals surface area contributed by atoms with Gasteiger partial charge in [0.2, 0.25) is 11.8 Å². The van der Waals surface area contributed by atoms with E-state index in [2.05, 4.69) is 0 Å². The molecule has 0 unspecified atom stereocenters. The van der Waals surface area contributed by atoms with E-state index in [-0.39, 0.29) is 30.7 Å². The third-order valence-electron chi connectivity index (χ3n) is 3.66. The number of carbonyl (C=O) groups is 3. The van der Waals surface area contributed by atoms with Crippen LogP contribution in [0.3, 0.4) is 0 Å². The maximum absolute atomic E-state index is 12.1. The SMILES string of the molecule is CCOCCC(=O)N(C)CC(=O)N1CCC(C(=O)O)CC1. The van der Waals surface area contributed by atoms with Gasteiger partial charge < -0.3 is 19.6 Å². The van der Waals surface area contributed by atoms with Crippen LogP contribution in [0.25, 0.3) is 0 Å². The molecule has 0 aliphatic carbocycles. The van der Waals surface area contributed by atoms with Crippen LogP contribution in [0.4, 0.5) is 0 Å². The Labute approximate surface area is 124 Å². The van der Waals surface area contributed by atoms with Crippen molar-refractivity contribution in [2.24, 2.45) is 5.92 Å². The molecule has 120 valence electrons. The summed E-state index contributed by atoms with van der Waals surface area (Å²) in [5.74, 6) is -1.42. The van der Waals surface area contributed by atoms with Crippen LogP contribution in [0.1, 0.15) is 26.2 Å². The van der Waals surface area contributed by atoms with Crippen LogP contribution in [-0.2, 0) is 19.1 Å². The molecule has 1 aliphatic heterocycles. The molecule has 1 fully saturated rings. The molecule has 1 heterocycles. The molecule has 1 saturated heterocycles. The number of carboxylic acid groups (broad SMARTS) is 1. The van der Waals surface area contributed by atoms with Crippen molar-refractivity contribution in [1.82, 2.24) is 9.80 Å². The smallest absolute Gasteiger partial charge is 0.306 e. The molecule has 0 bridgehead atoms. The summed E-state index contributed by atoms with van der Waals surface area (Å²) in [4.78, 5) is 37.7. The third-order valence-corrected chi connectivity index (χ3v) is 3.66. The summed E-state index contributed by atoms with van der Waals surface area (Å²) in [7, 11) is 1.59. The van der Waals surface area contributed by atoms with E-state index in [0.717, 1.165) is 0 Å². The fraction of sp³-hybridized carbons (Fsp3) is 0.786. The molecular weight excluding hydrogens is 276 g/mol. The number of rotatable bonds is 7. The van der Waals surface area contributed by atoms with Crippen LogP contribution in [-0.4, -0.2) is 72.6 Å². The molecule has 0 aromatic carbocycles. The lowest BCUT2D eigenvalue weighted by Crippen LogP contribution is -2.45. The first-order valence-electron chi connectivity index (χ1n) is 7.28. The fourth-order valence-electron chi connectivity index (χ4n) is 2.26. The number of carboxylic acids is 1. The molecule has 0 saturated carbocycles. The van der Waals surface area contributed by atoms with Crippen LogP contribution in [0.15, 0.2) is 0 Å². The van der Waals surface area contributed by atoms with Crippen molar-refractivity contribution in [3.05, 3.63) is 0 Å². The number of ether oxygens (including phenoxy) is 1. The number of hydrogen-bond donors (Lipinski definition) is 1. The van der Waals surface area contributed by atoms with Gasteiger partial charge >= 0.3 is 5.97 Å². The molecule has 1 N–H and O–H groups in total. The second-order valence-electron chi connectivity index (χ2n) is 5.19. The van der Waals surface area contributed by atoms with E-state index in [1.54, 1.807) is 11.9 Å². The average Bonchev–Trinajstić information content (AvgIpc) is 2.47. The highest BCUT2D eigenvalue weighted by Crippen LogP contribution is 2.17. The molecule has 0 spiro atoms. The summed E-state index contributed by atoms with van der Waals surface area (Å²) in [6.45, 7) is 3.70. The first-order valence-corrected chi connectivity index (χ1v) is 7.28. The first kappa shape index (κ1) is 17.4. The zero-order valence-corrected chi connectivity index (χ0v) is 12.7. The Morgan fingerprint density at radius 2 is 1.90 bits per heavy atom. The standard InChI is InChI=1S/C14H24N2O5/c1-3-21-9-6-12(17)15(2)10-13(18)16-7-4-11(5-8-16)14(19)20/h11H,3-10H2,1-2H3,(H,19,20). The van der Waals surface area contributed by atoms with Gasteiger partial charge in [0.1, 0.15) is 0 Å². The number of carbonyl (C=O) groups excluding carboxylic acids is 2. The Bertz CT molecular complexity index is 378. The van der Waals surface area contributed by atoms with Crippen molar-refractivity contribution < 1.29 is 24.2 Å². The van der Waals surface area contributed by atoms with E-state index >= 15 is 0 Å². The Morgan fingerprint density at radius 3 is 2.43 bits per heavy atom. The summed E-state index contributed by atoms with van der Waals surface area (Å²) in [6.07, 6.45) is 1.21. The van der Waals surface area contributed by atoms with Gasteiger partial charge in [0, 0.05) is 26.7 Å². The summed E-state index contributed by atoms with van der Waals surface area (Å²) in [5.41, 5.74) is 0. The maximum atomic E-state index is 12.1. The van der Waals surface area contributed by atoms with Gasteiger partial charge in [-0.05, 0) is 19.8 Å². The molecule has 0 aromatic heterocycles. The third kappa shape index (κ3) is 5.71. The molecule has 1 aliphatic rings. The summed E-state index contributed by atoms with van der Waals surface area (Å²) in [6, 6.07) is 0. The minimum Gasteiger partial charge on any atom is -0.481 e. The Kier molecular flexibility index (Phi) is 7.14. The largest absolute Gasteiger partial charge is 0.481 e. The van der Waals surface area contributed by atoms with Crippen LogP contribution in [0.2, 0.25) is 0 Å². The lowest BCUT2D eigenvalue weighted by atomic mass is 9.97. The number of likely N-dealkylation sites (tertiary alicyclic amines) is 1. The van der Waals surface area contributed by atoms with Gasteiger partial charge in [0.15, 0.2) is 0 Å². The second kappa shape index (κ2) is 8.61. The van der Waals surface area contributed by atoms with Crippen molar-refractivity contribution in [1.29, 1.82) is 0 Å². The fourth-order valence-corrected chi connectivity index (χ4v) is 2.26. The molecule has 1 rings (SSSR count). The molecule has 0 atom stereocenters. The van der Waals surface area contributed by atoms with E-state index in [4.69, 9.17) is 9.84 Å².